The smallest absolute Gasteiger partial charge is 0.254 e. The van der Waals surface area contributed by atoms with Gasteiger partial charge in [-0.3, -0.25) is 4.79 Å². The number of rotatable bonds is 3. The van der Waals surface area contributed by atoms with Crippen LogP contribution in [0, 0.1) is 5.82 Å². The quantitative estimate of drug-likeness (QED) is 0.587. The van der Waals surface area contributed by atoms with Gasteiger partial charge in [-0.1, -0.05) is 21.1 Å². The molecule has 138 valence electrons. The third-order valence-corrected chi connectivity index (χ3v) is 5.21. The van der Waals surface area contributed by atoms with Crippen molar-refractivity contribution in [2.75, 3.05) is 6.54 Å². The van der Waals surface area contributed by atoms with Crippen LogP contribution in [-0.4, -0.2) is 27.5 Å². The van der Waals surface area contributed by atoms with Gasteiger partial charge in [-0.2, -0.15) is 4.98 Å². The number of benzene rings is 2. The molecule has 27 heavy (non-hydrogen) atoms. The fraction of sp³-hybridized carbons (Fsp3) is 0.250. The molecule has 2 heterocycles. The number of carbonyl (C=O) groups excluding carboxylic acids is 1. The summed E-state index contributed by atoms with van der Waals surface area (Å²) in [4.78, 5) is 19.2. The Labute approximate surface area is 164 Å². The first-order chi connectivity index (χ1) is 13.1. The normalized spacial score (nSPS) is 17.1. The first-order valence-electron chi connectivity index (χ1n) is 8.78. The highest BCUT2D eigenvalue weighted by Crippen LogP contribution is 2.32. The number of amides is 1. The molecular weight excluding hydrogens is 413 g/mol. The van der Waals surface area contributed by atoms with Gasteiger partial charge in [0.15, 0.2) is 0 Å². The molecule has 4 rings (SSSR count). The fourth-order valence-corrected chi connectivity index (χ4v) is 3.54. The second-order valence-electron chi connectivity index (χ2n) is 6.48. The van der Waals surface area contributed by atoms with E-state index in [1.54, 1.807) is 4.90 Å². The highest BCUT2D eigenvalue weighted by Gasteiger charge is 2.32. The van der Waals surface area contributed by atoms with Crippen molar-refractivity contribution in [2.24, 2.45) is 0 Å². The lowest BCUT2D eigenvalue weighted by Crippen LogP contribution is -2.38. The zero-order valence-corrected chi connectivity index (χ0v) is 16.0. The van der Waals surface area contributed by atoms with Gasteiger partial charge in [-0.05, 0) is 67.8 Å². The van der Waals surface area contributed by atoms with Crippen molar-refractivity contribution in [3.05, 3.63) is 70.3 Å². The minimum absolute atomic E-state index is 0.150. The van der Waals surface area contributed by atoms with Crippen LogP contribution < -0.4 is 0 Å². The number of aromatic nitrogens is 2. The van der Waals surface area contributed by atoms with Gasteiger partial charge in [0.25, 0.3) is 5.91 Å². The largest absolute Gasteiger partial charge is 0.337 e. The number of carbonyl (C=O) groups is 1. The lowest BCUT2D eigenvalue weighted by molar-refractivity contribution is 0.0561. The Balaban J connectivity index is 1.60. The van der Waals surface area contributed by atoms with Gasteiger partial charge in [-0.15, -0.1) is 0 Å². The number of hydrogen-bond acceptors (Lipinski definition) is 4. The van der Waals surface area contributed by atoms with Gasteiger partial charge < -0.3 is 9.42 Å². The zero-order chi connectivity index (χ0) is 18.8. The van der Waals surface area contributed by atoms with E-state index < -0.39 is 0 Å². The van der Waals surface area contributed by atoms with Crippen molar-refractivity contribution < 1.29 is 13.7 Å². The maximum atomic E-state index is 13.2. The molecule has 3 aromatic rings. The molecule has 0 radical (unpaired) electrons. The molecule has 0 N–H and O–H groups in total. The SMILES string of the molecule is O=C(c1ccc(F)cc1)N1CCCCC1c1nc(-c2ccc(Br)cc2)no1. The van der Waals surface area contributed by atoms with Gasteiger partial charge in [0.2, 0.25) is 11.7 Å². The Morgan fingerprint density at radius 3 is 2.59 bits per heavy atom. The van der Waals surface area contributed by atoms with Crippen molar-refractivity contribution in [1.82, 2.24) is 15.0 Å². The first-order valence-corrected chi connectivity index (χ1v) is 9.57. The summed E-state index contributed by atoms with van der Waals surface area (Å²) in [6.07, 6.45) is 2.65. The van der Waals surface area contributed by atoms with Gasteiger partial charge in [-0.25, -0.2) is 4.39 Å². The summed E-state index contributed by atoms with van der Waals surface area (Å²) in [5.41, 5.74) is 1.30. The van der Waals surface area contributed by atoms with Crippen LogP contribution in [0.3, 0.4) is 0 Å². The lowest BCUT2D eigenvalue weighted by Gasteiger charge is -2.33. The van der Waals surface area contributed by atoms with Gasteiger partial charge in [0.05, 0.1) is 0 Å². The summed E-state index contributed by atoms with van der Waals surface area (Å²) in [6, 6.07) is 13.0. The van der Waals surface area contributed by atoms with E-state index in [1.807, 2.05) is 24.3 Å². The monoisotopic (exact) mass is 429 g/mol. The molecular formula is C20H17BrFN3O2. The van der Waals surface area contributed by atoms with Crippen LogP contribution >= 0.6 is 15.9 Å². The Kier molecular flexibility index (Phi) is 5.03. The van der Waals surface area contributed by atoms with Crippen molar-refractivity contribution in [2.45, 2.75) is 25.3 Å². The molecule has 1 aromatic heterocycles. The van der Waals surface area contributed by atoms with E-state index in [2.05, 4.69) is 26.1 Å². The third-order valence-electron chi connectivity index (χ3n) is 4.68. The predicted molar refractivity (Wildman–Crippen MR) is 101 cm³/mol. The second-order valence-corrected chi connectivity index (χ2v) is 7.40. The zero-order valence-electron chi connectivity index (χ0n) is 14.4. The van der Waals surface area contributed by atoms with E-state index in [-0.39, 0.29) is 17.8 Å². The van der Waals surface area contributed by atoms with Crippen LogP contribution in [0.4, 0.5) is 4.39 Å². The third kappa shape index (κ3) is 3.78. The minimum atomic E-state index is -0.363. The summed E-state index contributed by atoms with van der Waals surface area (Å²) >= 11 is 3.40. The second kappa shape index (κ2) is 7.60. The summed E-state index contributed by atoms with van der Waals surface area (Å²) in [5.74, 6) is 0.418. The topological polar surface area (TPSA) is 59.2 Å². The average molecular weight is 430 g/mol. The maximum absolute atomic E-state index is 13.2. The van der Waals surface area contributed by atoms with Gasteiger partial charge >= 0.3 is 0 Å². The molecule has 2 aromatic carbocycles. The number of hydrogen-bond donors (Lipinski definition) is 0. The van der Waals surface area contributed by atoms with E-state index in [0.717, 1.165) is 29.3 Å². The van der Waals surface area contributed by atoms with E-state index in [4.69, 9.17) is 4.52 Å². The van der Waals surface area contributed by atoms with E-state index in [0.29, 0.717) is 23.8 Å². The molecule has 0 spiro atoms. The highest BCUT2D eigenvalue weighted by molar-refractivity contribution is 9.10. The van der Waals surface area contributed by atoms with Crippen molar-refractivity contribution in [1.29, 1.82) is 0 Å². The number of halogens is 2. The summed E-state index contributed by atoms with van der Waals surface area (Å²) in [5, 5.41) is 4.08. The molecule has 1 aliphatic rings. The Hall–Kier alpha value is -2.54. The van der Waals surface area contributed by atoms with Gasteiger partial charge in [0.1, 0.15) is 11.9 Å². The molecule has 7 heteroatoms. The summed E-state index contributed by atoms with van der Waals surface area (Å²) in [6.45, 7) is 0.608. The van der Waals surface area contributed by atoms with Crippen LogP contribution in [0.15, 0.2) is 57.5 Å². The molecule has 1 aliphatic heterocycles. The standard InChI is InChI=1S/C20H17BrFN3O2/c21-15-8-4-13(5-9-15)18-23-19(27-24-18)17-3-1-2-12-25(17)20(26)14-6-10-16(22)11-7-14/h4-11,17H,1-3,12H2. The number of likely N-dealkylation sites (tertiary alicyclic amines) is 1. The number of nitrogens with zero attached hydrogens (tertiary/aromatic N) is 3. The van der Waals surface area contributed by atoms with Crippen molar-refractivity contribution >= 4 is 21.8 Å². The average Bonchev–Trinajstić information content (AvgIpc) is 3.19. The van der Waals surface area contributed by atoms with Crippen LogP contribution in [0.1, 0.15) is 41.6 Å². The van der Waals surface area contributed by atoms with Crippen LogP contribution in [-0.2, 0) is 0 Å². The molecule has 0 aliphatic carbocycles. The van der Waals surface area contributed by atoms with Gasteiger partial charge in [0, 0.05) is 22.1 Å². The number of piperidine rings is 1. The van der Waals surface area contributed by atoms with Crippen LogP contribution in [0.2, 0.25) is 0 Å². The molecule has 5 nitrogen and oxygen atoms in total. The minimum Gasteiger partial charge on any atom is -0.337 e. The van der Waals surface area contributed by atoms with Crippen molar-refractivity contribution in [3.8, 4) is 11.4 Å². The van der Waals surface area contributed by atoms with Crippen molar-refractivity contribution in [3.63, 3.8) is 0 Å². The molecule has 1 unspecified atom stereocenters. The Morgan fingerprint density at radius 2 is 1.85 bits per heavy atom. The van der Waals surface area contributed by atoms with Crippen LogP contribution in [0.25, 0.3) is 11.4 Å². The Morgan fingerprint density at radius 1 is 1.11 bits per heavy atom. The van der Waals surface area contributed by atoms with E-state index in [1.165, 1.54) is 24.3 Å². The molecule has 1 amide bonds. The van der Waals surface area contributed by atoms with Crippen LogP contribution in [0.5, 0.6) is 0 Å². The molecule has 0 saturated carbocycles. The van der Waals surface area contributed by atoms with E-state index >= 15 is 0 Å². The summed E-state index contributed by atoms with van der Waals surface area (Å²) < 4.78 is 19.6. The molecule has 1 saturated heterocycles. The molecule has 1 fully saturated rings. The summed E-state index contributed by atoms with van der Waals surface area (Å²) in [7, 11) is 0. The fourth-order valence-electron chi connectivity index (χ4n) is 3.28. The lowest BCUT2D eigenvalue weighted by atomic mass is 10.0. The Bertz CT molecular complexity index is 941. The maximum Gasteiger partial charge on any atom is 0.254 e. The molecule has 1 atom stereocenters. The van der Waals surface area contributed by atoms with E-state index in [9.17, 15) is 9.18 Å². The predicted octanol–water partition coefficient (Wildman–Crippen LogP) is 5.01. The first kappa shape index (κ1) is 17.9. The highest BCUT2D eigenvalue weighted by atomic mass is 79.9. The molecule has 0 bridgehead atoms.